The molecule has 1 aromatic carbocycles. The van der Waals surface area contributed by atoms with Crippen molar-refractivity contribution in [3.05, 3.63) is 30.1 Å². The highest BCUT2D eigenvalue weighted by molar-refractivity contribution is 7.99. The Morgan fingerprint density at radius 1 is 1.32 bits per heavy atom. The highest BCUT2D eigenvalue weighted by atomic mass is 32.2. The van der Waals surface area contributed by atoms with Gasteiger partial charge in [0.15, 0.2) is 0 Å². The van der Waals surface area contributed by atoms with E-state index in [1.165, 1.54) is 25.7 Å². The third-order valence-electron chi connectivity index (χ3n) is 3.88. The summed E-state index contributed by atoms with van der Waals surface area (Å²) in [5.41, 5.74) is 0. The van der Waals surface area contributed by atoms with Crippen LogP contribution in [-0.4, -0.2) is 18.3 Å². The molecule has 1 atom stereocenters. The van der Waals surface area contributed by atoms with Crippen molar-refractivity contribution in [2.45, 2.75) is 50.0 Å². The number of nitrogens with one attached hydrogen (secondary N) is 1. The fraction of sp³-hybridized carbons (Fsp3) is 0.625. The van der Waals surface area contributed by atoms with E-state index < -0.39 is 0 Å². The highest BCUT2D eigenvalue weighted by Crippen LogP contribution is 2.31. The lowest BCUT2D eigenvalue weighted by atomic mass is 10.00. The molecule has 0 bridgehead atoms. The summed E-state index contributed by atoms with van der Waals surface area (Å²) in [6.07, 6.45) is 6.55. The van der Waals surface area contributed by atoms with Crippen molar-refractivity contribution in [1.82, 2.24) is 5.32 Å². The van der Waals surface area contributed by atoms with Gasteiger partial charge in [0.2, 0.25) is 0 Å². The van der Waals surface area contributed by atoms with Crippen LogP contribution < -0.4 is 5.32 Å². The predicted octanol–water partition coefficient (Wildman–Crippen LogP) is 4.48. The Balaban J connectivity index is 1.90. The summed E-state index contributed by atoms with van der Waals surface area (Å²) in [5, 5.41) is 3.66. The van der Waals surface area contributed by atoms with E-state index in [4.69, 9.17) is 0 Å². The summed E-state index contributed by atoms with van der Waals surface area (Å²) in [5.74, 6) is 1.67. The first-order valence-electron chi connectivity index (χ1n) is 7.42. The Hall–Kier alpha value is -0.540. The molecule has 0 aromatic heterocycles. The van der Waals surface area contributed by atoms with Crippen LogP contribution >= 0.6 is 11.8 Å². The van der Waals surface area contributed by atoms with Crippen LogP contribution in [0.4, 0.5) is 4.39 Å². The minimum atomic E-state index is -0.0897. The van der Waals surface area contributed by atoms with E-state index in [-0.39, 0.29) is 5.82 Å². The van der Waals surface area contributed by atoms with E-state index in [0.717, 1.165) is 29.5 Å². The topological polar surface area (TPSA) is 12.0 Å². The van der Waals surface area contributed by atoms with Gasteiger partial charge in [0, 0.05) is 16.7 Å². The molecule has 0 amide bonds. The second-order valence-electron chi connectivity index (χ2n) is 5.35. The van der Waals surface area contributed by atoms with Crippen LogP contribution in [0, 0.1) is 11.7 Å². The molecule has 1 nitrogen and oxygen atoms in total. The number of halogens is 1. The van der Waals surface area contributed by atoms with Gasteiger partial charge in [-0.2, -0.15) is 0 Å². The Labute approximate surface area is 120 Å². The van der Waals surface area contributed by atoms with Gasteiger partial charge in [-0.05, 0) is 43.9 Å². The minimum absolute atomic E-state index is 0.0897. The van der Waals surface area contributed by atoms with Crippen molar-refractivity contribution < 1.29 is 4.39 Å². The maximum Gasteiger partial charge on any atom is 0.136 e. The van der Waals surface area contributed by atoms with Crippen LogP contribution in [0.2, 0.25) is 0 Å². The predicted molar refractivity (Wildman–Crippen MR) is 81.2 cm³/mol. The summed E-state index contributed by atoms with van der Waals surface area (Å²) in [4.78, 5) is 0.781. The highest BCUT2D eigenvalue weighted by Gasteiger charge is 2.24. The van der Waals surface area contributed by atoms with Crippen LogP contribution in [0.5, 0.6) is 0 Å². The monoisotopic (exact) mass is 281 g/mol. The Morgan fingerprint density at radius 3 is 2.74 bits per heavy atom. The molecule has 1 aliphatic rings. The second kappa shape index (κ2) is 7.91. The SMILES string of the molecule is CCCNC(CSc1ccccc1F)C1CCCC1. The summed E-state index contributed by atoms with van der Waals surface area (Å²) in [6.45, 7) is 3.27. The van der Waals surface area contributed by atoms with Gasteiger partial charge in [-0.25, -0.2) is 4.39 Å². The molecule has 0 saturated heterocycles. The molecule has 1 aliphatic carbocycles. The number of hydrogen-bond donors (Lipinski definition) is 1. The Morgan fingerprint density at radius 2 is 2.05 bits per heavy atom. The summed E-state index contributed by atoms with van der Waals surface area (Å²) in [6, 6.07) is 7.63. The van der Waals surface area contributed by atoms with Crippen molar-refractivity contribution in [2.75, 3.05) is 12.3 Å². The van der Waals surface area contributed by atoms with E-state index >= 15 is 0 Å². The van der Waals surface area contributed by atoms with Crippen LogP contribution in [0.15, 0.2) is 29.2 Å². The van der Waals surface area contributed by atoms with E-state index in [2.05, 4.69) is 12.2 Å². The fourth-order valence-corrected chi connectivity index (χ4v) is 3.92. The van der Waals surface area contributed by atoms with Crippen LogP contribution in [0.1, 0.15) is 39.0 Å². The third kappa shape index (κ3) is 4.50. The first-order chi connectivity index (χ1) is 9.31. The van der Waals surface area contributed by atoms with Gasteiger partial charge >= 0.3 is 0 Å². The summed E-state index contributed by atoms with van der Waals surface area (Å²) < 4.78 is 13.6. The van der Waals surface area contributed by atoms with Crippen LogP contribution in [0.25, 0.3) is 0 Å². The lowest BCUT2D eigenvalue weighted by Gasteiger charge is -2.24. The van der Waals surface area contributed by atoms with Crippen LogP contribution in [-0.2, 0) is 0 Å². The van der Waals surface area contributed by atoms with Gasteiger partial charge in [-0.1, -0.05) is 31.9 Å². The minimum Gasteiger partial charge on any atom is -0.313 e. The normalized spacial score (nSPS) is 17.8. The zero-order chi connectivity index (χ0) is 13.5. The molecule has 0 aliphatic heterocycles. The number of hydrogen-bond acceptors (Lipinski definition) is 2. The smallest absolute Gasteiger partial charge is 0.136 e. The van der Waals surface area contributed by atoms with Gasteiger partial charge in [-0.15, -0.1) is 11.8 Å². The average Bonchev–Trinajstić information content (AvgIpc) is 2.94. The molecular weight excluding hydrogens is 257 g/mol. The zero-order valence-corrected chi connectivity index (χ0v) is 12.5. The van der Waals surface area contributed by atoms with Crippen molar-refractivity contribution in [1.29, 1.82) is 0 Å². The quantitative estimate of drug-likeness (QED) is 0.740. The van der Waals surface area contributed by atoms with Gasteiger partial charge < -0.3 is 5.32 Å². The fourth-order valence-electron chi connectivity index (χ4n) is 2.79. The van der Waals surface area contributed by atoms with E-state index in [0.29, 0.717) is 6.04 Å². The van der Waals surface area contributed by atoms with E-state index in [1.54, 1.807) is 23.9 Å². The maximum absolute atomic E-state index is 13.6. The van der Waals surface area contributed by atoms with Crippen molar-refractivity contribution in [2.24, 2.45) is 5.92 Å². The van der Waals surface area contributed by atoms with Gasteiger partial charge in [0.25, 0.3) is 0 Å². The maximum atomic E-state index is 13.6. The lowest BCUT2D eigenvalue weighted by molar-refractivity contribution is 0.387. The number of thioether (sulfide) groups is 1. The molecule has 2 rings (SSSR count). The van der Waals surface area contributed by atoms with Crippen LogP contribution in [0.3, 0.4) is 0 Å². The summed E-state index contributed by atoms with van der Waals surface area (Å²) >= 11 is 1.65. The molecule has 0 heterocycles. The molecule has 1 fully saturated rings. The Bertz CT molecular complexity index is 377. The molecule has 0 spiro atoms. The number of rotatable bonds is 7. The van der Waals surface area contributed by atoms with E-state index in [1.807, 2.05) is 12.1 Å². The summed E-state index contributed by atoms with van der Waals surface area (Å²) in [7, 11) is 0. The van der Waals surface area contributed by atoms with Crippen molar-refractivity contribution in [3.8, 4) is 0 Å². The molecule has 1 aromatic rings. The molecule has 0 radical (unpaired) electrons. The lowest BCUT2D eigenvalue weighted by Crippen LogP contribution is -2.37. The average molecular weight is 281 g/mol. The molecule has 1 N–H and O–H groups in total. The molecular formula is C16H24FNS. The Kier molecular flexibility index (Phi) is 6.18. The van der Waals surface area contributed by atoms with Gasteiger partial charge in [0.1, 0.15) is 5.82 Å². The molecule has 1 unspecified atom stereocenters. The van der Waals surface area contributed by atoms with Crippen molar-refractivity contribution in [3.63, 3.8) is 0 Å². The first-order valence-corrected chi connectivity index (χ1v) is 8.40. The third-order valence-corrected chi connectivity index (χ3v) is 5.05. The van der Waals surface area contributed by atoms with Crippen molar-refractivity contribution >= 4 is 11.8 Å². The standard InChI is InChI=1S/C16H24FNS/c1-2-11-18-15(13-7-3-4-8-13)12-19-16-10-6-5-9-14(16)17/h5-6,9-10,13,15,18H,2-4,7-8,11-12H2,1H3. The molecule has 19 heavy (non-hydrogen) atoms. The zero-order valence-electron chi connectivity index (χ0n) is 11.7. The first kappa shape index (κ1) is 14.9. The van der Waals surface area contributed by atoms with E-state index in [9.17, 15) is 4.39 Å². The van der Waals surface area contributed by atoms with Gasteiger partial charge in [0.05, 0.1) is 0 Å². The number of benzene rings is 1. The largest absolute Gasteiger partial charge is 0.313 e. The van der Waals surface area contributed by atoms with Gasteiger partial charge in [-0.3, -0.25) is 0 Å². The molecule has 106 valence electrons. The molecule has 3 heteroatoms. The second-order valence-corrected chi connectivity index (χ2v) is 6.41. The molecule has 1 saturated carbocycles.